The topological polar surface area (TPSA) is 26.0 Å². The van der Waals surface area contributed by atoms with Crippen molar-refractivity contribution in [2.45, 2.75) is 48.0 Å². The third-order valence-corrected chi connectivity index (χ3v) is 1.79. The van der Waals surface area contributed by atoms with Gasteiger partial charge in [-0.1, -0.05) is 32.9 Å². The lowest BCUT2D eigenvalue weighted by Crippen LogP contribution is -1.95. The Morgan fingerprint density at radius 2 is 1.77 bits per heavy atom. The Balaban J connectivity index is 0.000000671. The highest BCUT2D eigenvalue weighted by Gasteiger charge is 2.09. The van der Waals surface area contributed by atoms with Crippen LogP contribution in [0, 0.1) is 19.8 Å². The van der Waals surface area contributed by atoms with Crippen LogP contribution >= 0.6 is 0 Å². The normalized spacial score (nSPS) is 9.77. The van der Waals surface area contributed by atoms with E-state index in [-0.39, 0.29) is 0 Å². The zero-order valence-corrected chi connectivity index (χ0v) is 9.64. The van der Waals surface area contributed by atoms with Gasteiger partial charge in [0.1, 0.15) is 5.76 Å². The average molecular weight is 183 g/mol. The predicted molar refractivity (Wildman–Crippen MR) is 55.9 cm³/mol. The van der Waals surface area contributed by atoms with Gasteiger partial charge in [-0.2, -0.15) is 0 Å². The molecule has 0 N–H and O–H groups in total. The van der Waals surface area contributed by atoms with Crippen LogP contribution in [0.3, 0.4) is 0 Å². The molecular formula is C11H21NO. The molecule has 76 valence electrons. The summed E-state index contributed by atoms with van der Waals surface area (Å²) in [7, 11) is 0. The summed E-state index contributed by atoms with van der Waals surface area (Å²) < 4.78 is 5.05. The van der Waals surface area contributed by atoms with Crippen molar-refractivity contribution in [3.8, 4) is 0 Å². The maximum absolute atomic E-state index is 5.05. The molecule has 0 fully saturated rings. The van der Waals surface area contributed by atoms with Crippen molar-refractivity contribution in [3.63, 3.8) is 0 Å². The number of aromatic nitrogens is 1. The molecule has 1 aromatic rings. The summed E-state index contributed by atoms with van der Waals surface area (Å²) in [4.78, 5) is 0. The SMILES string of the molecule is CC.Cc1noc(C)c1CC(C)C. The molecule has 0 unspecified atom stereocenters. The van der Waals surface area contributed by atoms with Crippen LogP contribution in [0.25, 0.3) is 0 Å². The van der Waals surface area contributed by atoms with Crippen LogP contribution in [0.2, 0.25) is 0 Å². The Morgan fingerprint density at radius 1 is 1.23 bits per heavy atom. The Hall–Kier alpha value is -0.790. The molecule has 0 aromatic carbocycles. The number of hydrogen-bond donors (Lipinski definition) is 0. The van der Waals surface area contributed by atoms with E-state index in [1.54, 1.807) is 0 Å². The monoisotopic (exact) mass is 183 g/mol. The lowest BCUT2D eigenvalue weighted by molar-refractivity contribution is 0.391. The molecule has 0 saturated carbocycles. The fraction of sp³-hybridized carbons (Fsp3) is 0.727. The fourth-order valence-electron chi connectivity index (χ4n) is 1.20. The van der Waals surface area contributed by atoms with Crippen LogP contribution in [0.15, 0.2) is 4.52 Å². The fourth-order valence-corrected chi connectivity index (χ4v) is 1.20. The van der Waals surface area contributed by atoms with Crippen molar-refractivity contribution in [1.29, 1.82) is 0 Å². The standard InChI is InChI=1S/C9H15NO.C2H6/c1-6(2)5-9-7(3)10-11-8(9)4;1-2/h6H,5H2,1-4H3;1-2H3. The second-order valence-electron chi connectivity index (χ2n) is 3.40. The number of rotatable bonds is 2. The molecule has 1 aromatic heterocycles. The first-order valence-electron chi connectivity index (χ1n) is 5.03. The average Bonchev–Trinajstić information content (AvgIpc) is 2.39. The second kappa shape index (κ2) is 5.79. The summed E-state index contributed by atoms with van der Waals surface area (Å²) in [6, 6.07) is 0. The third-order valence-electron chi connectivity index (χ3n) is 1.79. The van der Waals surface area contributed by atoms with Crippen LogP contribution in [-0.4, -0.2) is 5.16 Å². The largest absolute Gasteiger partial charge is 0.361 e. The molecule has 0 amide bonds. The van der Waals surface area contributed by atoms with Crippen molar-refractivity contribution in [2.75, 3.05) is 0 Å². The molecular weight excluding hydrogens is 162 g/mol. The van der Waals surface area contributed by atoms with E-state index in [0.717, 1.165) is 17.9 Å². The highest BCUT2D eigenvalue weighted by atomic mass is 16.5. The van der Waals surface area contributed by atoms with Crippen LogP contribution in [0.1, 0.15) is 44.7 Å². The van der Waals surface area contributed by atoms with Gasteiger partial charge in [-0.15, -0.1) is 0 Å². The van der Waals surface area contributed by atoms with Gasteiger partial charge in [-0.3, -0.25) is 0 Å². The van der Waals surface area contributed by atoms with Crippen molar-refractivity contribution >= 4 is 0 Å². The predicted octanol–water partition coefficient (Wildman–Crippen LogP) is 3.52. The molecule has 1 rings (SSSR count). The van der Waals surface area contributed by atoms with Crippen LogP contribution in [-0.2, 0) is 6.42 Å². The second-order valence-corrected chi connectivity index (χ2v) is 3.40. The Bertz CT molecular complexity index is 219. The maximum atomic E-state index is 5.05. The van der Waals surface area contributed by atoms with Gasteiger partial charge < -0.3 is 4.52 Å². The van der Waals surface area contributed by atoms with Crippen LogP contribution in [0.5, 0.6) is 0 Å². The van der Waals surface area contributed by atoms with E-state index in [1.807, 2.05) is 27.7 Å². The highest BCUT2D eigenvalue weighted by Crippen LogP contribution is 2.16. The van der Waals surface area contributed by atoms with Crippen molar-refractivity contribution < 1.29 is 4.52 Å². The Morgan fingerprint density at radius 3 is 2.08 bits per heavy atom. The smallest absolute Gasteiger partial charge is 0.137 e. The lowest BCUT2D eigenvalue weighted by Gasteiger charge is -2.01. The summed E-state index contributed by atoms with van der Waals surface area (Å²) in [5.41, 5.74) is 2.32. The molecule has 0 aliphatic rings. The van der Waals surface area contributed by atoms with Gasteiger partial charge >= 0.3 is 0 Å². The van der Waals surface area contributed by atoms with Crippen molar-refractivity contribution in [2.24, 2.45) is 5.92 Å². The zero-order valence-electron chi connectivity index (χ0n) is 9.64. The maximum Gasteiger partial charge on any atom is 0.137 e. The molecule has 2 heteroatoms. The molecule has 0 spiro atoms. The molecule has 0 atom stereocenters. The number of nitrogens with zero attached hydrogens (tertiary/aromatic N) is 1. The van der Waals surface area contributed by atoms with E-state index >= 15 is 0 Å². The van der Waals surface area contributed by atoms with Gasteiger partial charge in [0.2, 0.25) is 0 Å². The van der Waals surface area contributed by atoms with Gasteiger partial charge in [0.05, 0.1) is 5.69 Å². The van der Waals surface area contributed by atoms with Gasteiger partial charge in [-0.05, 0) is 26.2 Å². The summed E-state index contributed by atoms with van der Waals surface area (Å²) in [5.74, 6) is 1.64. The minimum Gasteiger partial charge on any atom is -0.361 e. The van der Waals surface area contributed by atoms with E-state index in [9.17, 15) is 0 Å². The van der Waals surface area contributed by atoms with Crippen LogP contribution in [0.4, 0.5) is 0 Å². The minimum absolute atomic E-state index is 0.673. The molecule has 0 aliphatic heterocycles. The van der Waals surface area contributed by atoms with Gasteiger partial charge in [-0.25, -0.2) is 0 Å². The summed E-state index contributed by atoms with van der Waals surface area (Å²) in [6.45, 7) is 12.4. The van der Waals surface area contributed by atoms with Gasteiger partial charge in [0, 0.05) is 5.56 Å². The Labute approximate surface area is 81.3 Å². The molecule has 13 heavy (non-hydrogen) atoms. The van der Waals surface area contributed by atoms with Gasteiger partial charge in [0.25, 0.3) is 0 Å². The zero-order chi connectivity index (χ0) is 10.4. The van der Waals surface area contributed by atoms with Gasteiger partial charge in [0.15, 0.2) is 0 Å². The Kier molecular flexibility index (Phi) is 5.44. The van der Waals surface area contributed by atoms with Crippen molar-refractivity contribution in [3.05, 3.63) is 17.0 Å². The number of aryl methyl sites for hydroxylation is 2. The van der Waals surface area contributed by atoms with E-state index in [2.05, 4.69) is 19.0 Å². The quantitative estimate of drug-likeness (QED) is 0.701. The van der Waals surface area contributed by atoms with E-state index in [0.29, 0.717) is 5.92 Å². The first-order valence-corrected chi connectivity index (χ1v) is 5.03. The highest BCUT2D eigenvalue weighted by molar-refractivity contribution is 5.20. The molecule has 0 saturated heterocycles. The summed E-state index contributed by atoms with van der Waals surface area (Å²) in [5, 5.41) is 3.89. The molecule has 2 nitrogen and oxygen atoms in total. The molecule has 1 heterocycles. The lowest BCUT2D eigenvalue weighted by atomic mass is 10.0. The summed E-state index contributed by atoms with van der Waals surface area (Å²) in [6.07, 6.45) is 1.07. The van der Waals surface area contributed by atoms with E-state index in [1.165, 1.54) is 5.56 Å². The van der Waals surface area contributed by atoms with Crippen molar-refractivity contribution in [1.82, 2.24) is 5.16 Å². The van der Waals surface area contributed by atoms with E-state index in [4.69, 9.17) is 4.52 Å². The van der Waals surface area contributed by atoms with Crippen LogP contribution < -0.4 is 0 Å². The summed E-state index contributed by atoms with van der Waals surface area (Å²) >= 11 is 0. The first kappa shape index (κ1) is 12.2. The molecule has 0 aliphatic carbocycles. The first-order chi connectivity index (χ1) is 6.11. The third kappa shape index (κ3) is 3.62. The number of hydrogen-bond acceptors (Lipinski definition) is 2. The molecule has 0 radical (unpaired) electrons. The molecule has 0 bridgehead atoms. The minimum atomic E-state index is 0.673. The van der Waals surface area contributed by atoms with E-state index < -0.39 is 0 Å².